The van der Waals surface area contributed by atoms with Gasteiger partial charge in [-0.2, -0.15) is 5.26 Å². The maximum atomic E-state index is 11.5. The van der Waals surface area contributed by atoms with E-state index in [0.717, 1.165) is 41.5 Å². The monoisotopic (exact) mass is 559 g/mol. The topological polar surface area (TPSA) is 161 Å². The molecule has 3 rings (SSSR count). The zero-order chi connectivity index (χ0) is 28.2. The van der Waals surface area contributed by atoms with Crippen LogP contribution in [0.5, 0.6) is 0 Å². The summed E-state index contributed by atoms with van der Waals surface area (Å²) in [6.45, 7) is 5.10. The molecule has 0 saturated heterocycles. The van der Waals surface area contributed by atoms with Gasteiger partial charge in [0.05, 0.1) is 43.3 Å². The Bertz CT molecular complexity index is 1310. The molecule has 0 aliphatic rings. The minimum atomic E-state index is -1.90. The van der Waals surface area contributed by atoms with Crippen LogP contribution in [0.3, 0.4) is 0 Å². The highest BCUT2D eigenvalue weighted by Gasteiger charge is 2.22. The zero-order valence-electron chi connectivity index (χ0n) is 22.4. The largest absolute Gasteiger partial charge is 0.462 e. The van der Waals surface area contributed by atoms with Gasteiger partial charge >= 0.3 is 20.5 Å². The number of carbonyl (C=O) groups excluding carboxylic acids is 2. The molecule has 0 spiro atoms. The van der Waals surface area contributed by atoms with Gasteiger partial charge in [-0.25, -0.2) is 9.97 Å². The fraction of sp³-hybridized carbons (Fsp3) is 0.500. The van der Waals surface area contributed by atoms with Gasteiger partial charge in [0.15, 0.2) is 11.9 Å². The number of unbranched alkanes of at least 4 members (excludes halogenated alkanes) is 1. The second kappa shape index (κ2) is 15.3. The number of pyridine rings is 1. The van der Waals surface area contributed by atoms with Gasteiger partial charge in [0.2, 0.25) is 0 Å². The molecular weight excluding hydrogens is 525 g/mol. The Hall–Kier alpha value is -3.36. The molecule has 2 N–H and O–H groups in total. The van der Waals surface area contributed by atoms with Crippen molar-refractivity contribution in [1.82, 2.24) is 14.5 Å². The minimum absolute atomic E-state index is 0.104. The van der Waals surface area contributed by atoms with Crippen LogP contribution in [0.4, 0.5) is 5.82 Å². The molecule has 2 atom stereocenters. The van der Waals surface area contributed by atoms with Gasteiger partial charge in [0, 0.05) is 32.2 Å². The number of benzene rings is 1. The van der Waals surface area contributed by atoms with Crippen LogP contribution in [0.25, 0.3) is 21.9 Å². The number of ether oxygens (including phenoxy) is 2. The van der Waals surface area contributed by atoms with E-state index in [-0.39, 0.29) is 32.8 Å². The Balaban J connectivity index is 1.77. The van der Waals surface area contributed by atoms with Gasteiger partial charge < -0.3 is 33.3 Å². The first-order chi connectivity index (χ1) is 18.8. The summed E-state index contributed by atoms with van der Waals surface area (Å²) < 4.78 is 29.6. The minimum Gasteiger partial charge on any atom is -0.462 e. The summed E-state index contributed by atoms with van der Waals surface area (Å²) in [6.07, 6.45) is 2.06. The molecule has 0 bridgehead atoms. The molecule has 0 fully saturated rings. The number of aromatic nitrogens is 3. The average molecular weight is 560 g/mol. The van der Waals surface area contributed by atoms with Gasteiger partial charge in [-0.1, -0.05) is 31.5 Å². The number of carbonyl (C=O) groups is 2. The number of fused-ring (bicyclic) bond motifs is 3. The molecule has 12 nitrogen and oxygen atoms in total. The summed E-state index contributed by atoms with van der Waals surface area (Å²) in [7, 11) is -1.90. The molecule has 0 amide bonds. The van der Waals surface area contributed by atoms with Crippen LogP contribution < -0.4 is 5.73 Å². The molecule has 39 heavy (non-hydrogen) atoms. The standard InChI is InChI=1S/C26H34N5O7P/c1-4-5-11-23-30-24-25(21-9-6-7-10-22(21)29-26(24)28)31(23)13-15-36-39(35-14-8-12-27)37-17-20(38-19(3)33)16-34-18(2)32/h6-7,9-10,20H,4-5,8,11,13-17H2,1-3H3,(H2,28,29)/t20-,39?/m1/s1. The Morgan fingerprint density at radius 3 is 2.59 bits per heavy atom. The fourth-order valence-corrected chi connectivity index (χ4v) is 4.84. The van der Waals surface area contributed by atoms with Crippen molar-refractivity contribution >= 4 is 48.3 Å². The van der Waals surface area contributed by atoms with E-state index in [1.54, 1.807) is 0 Å². The van der Waals surface area contributed by atoms with Crippen LogP contribution in [0.1, 0.15) is 45.9 Å². The normalized spacial score (nSPS) is 12.8. The highest BCUT2D eigenvalue weighted by Crippen LogP contribution is 2.40. The summed E-state index contributed by atoms with van der Waals surface area (Å²) >= 11 is 0. The van der Waals surface area contributed by atoms with Crippen molar-refractivity contribution in [3.8, 4) is 6.07 Å². The number of nitrogens with zero attached hydrogens (tertiary/aromatic N) is 4. The smallest absolute Gasteiger partial charge is 0.332 e. The number of nitrogens with two attached hydrogens (primary N) is 1. The van der Waals surface area contributed by atoms with E-state index < -0.39 is 26.6 Å². The lowest BCUT2D eigenvalue weighted by molar-refractivity contribution is -0.158. The Labute approximate surface area is 228 Å². The van der Waals surface area contributed by atoms with Crippen molar-refractivity contribution in [1.29, 1.82) is 5.26 Å². The number of hydrogen-bond donors (Lipinski definition) is 1. The van der Waals surface area contributed by atoms with Gasteiger partial charge in [-0.15, -0.1) is 0 Å². The van der Waals surface area contributed by atoms with Crippen molar-refractivity contribution in [3.05, 3.63) is 30.1 Å². The first kappa shape index (κ1) is 30.2. The molecule has 0 saturated carbocycles. The predicted octanol–water partition coefficient (Wildman–Crippen LogP) is 4.19. The number of anilines is 1. The molecule has 210 valence electrons. The average Bonchev–Trinajstić information content (AvgIpc) is 3.27. The second-order valence-corrected chi connectivity index (χ2v) is 9.84. The summed E-state index contributed by atoms with van der Waals surface area (Å²) in [5.74, 6) is 0.202. The van der Waals surface area contributed by atoms with E-state index >= 15 is 0 Å². The van der Waals surface area contributed by atoms with Crippen molar-refractivity contribution in [2.75, 3.05) is 32.2 Å². The van der Waals surface area contributed by atoms with Crippen LogP contribution in [0, 0.1) is 11.3 Å². The molecule has 3 aromatic rings. The first-order valence-electron chi connectivity index (χ1n) is 12.7. The molecular formula is C26H34N5O7P. The van der Waals surface area contributed by atoms with E-state index in [9.17, 15) is 9.59 Å². The van der Waals surface area contributed by atoms with Crippen LogP contribution in [-0.2, 0) is 45.6 Å². The van der Waals surface area contributed by atoms with Crippen LogP contribution in [0.15, 0.2) is 24.3 Å². The van der Waals surface area contributed by atoms with Gasteiger partial charge in [0.25, 0.3) is 0 Å². The fourth-order valence-electron chi connectivity index (χ4n) is 3.86. The van der Waals surface area contributed by atoms with Gasteiger partial charge in [0.1, 0.15) is 17.9 Å². The highest BCUT2D eigenvalue weighted by molar-refractivity contribution is 7.41. The lowest BCUT2D eigenvalue weighted by Crippen LogP contribution is -2.28. The number of nitriles is 1. The van der Waals surface area contributed by atoms with Crippen molar-refractivity contribution in [2.24, 2.45) is 0 Å². The molecule has 1 aromatic carbocycles. The number of esters is 2. The Kier molecular flexibility index (Phi) is 11.8. The Morgan fingerprint density at radius 1 is 1.10 bits per heavy atom. The molecule has 0 radical (unpaired) electrons. The molecule has 1 unspecified atom stereocenters. The summed E-state index contributed by atoms with van der Waals surface area (Å²) in [5, 5.41) is 9.83. The lowest BCUT2D eigenvalue weighted by Gasteiger charge is -2.21. The quantitative estimate of drug-likeness (QED) is 0.152. The molecule has 0 aliphatic carbocycles. The summed E-state index contributed by atoms with van der Waals surface area (Å²) in [4.78, 5) is 32.0. The van der Waals surface area contributed by atoms with Crippen molar-refractivity contribution in [3.63, 3.8) is 0 Å². The van der Waals surface area contributed by atoms with E-state index in [0.29, 0.717) is 17.9 Å². The van der Waals surface area contributed by atoms with Crippen LogP contribution >= 0.6 is 8.60 Å². The summed E-state index contributed by atoms with van der Waals surface area (Å²) in [6, 6.07) is 9.78. The van der Waals surface area contributed by atoms with E-state index in [1.807, 2.05) is 30.3 Å². The molecule has 0 aliphatic heterocycles. The number of aryl methyl sites for hydroxylation is 1. The number of imidazole rings is 1. The maximum absolute atomic E-state index is 11.5. The number of hydrogen-bond acceptors (Lipinski definition) is 11. The van der Waals surface area contributed by atoms with Crippen LogP contribution in [-0.4, -0.2) is 59.0 Å². The molecule has 2 heterocycles. The maximum Gasteiger partial charge on any atom is 0.332 e. The van der Waals surface area contributed by atoms with Gasteiger partial charge in [-0.05, 0) is 12.5 Å². The number of rotatable bonds is 16. The molecule has 13 heteroatoms. The third kappa shape index (κ3) is 8.83. The third-order valence-corrected chi connectivity index (χ3v) is 6.68. The van der Waals surface area contributed by atoms with Gasteiger partial charge in [-0.3, -0.25) is 9.59 Å². The first-order valence-corrected chi connectivity index (χ1v) is 13.8. The lowest BCUT2D eigenvalue weighted by atomic mass is 10.2. The zero-order valence-corrected chi connectivity index (χ0v) is 23.3. The van der Waals surface area contributed by atoms with Crippen molar-refractivity contribution in [2.45, 2.75) is 59.1 Å². The summed E-state index contributed by atoms with van der Waals surface area (Å²) in [5.41, 5.74) is 8.59. The SMILES string of the molecule is CCCCc1nc2c(N)nc3ccccc3c2n1CCOP(OCCC#N)OC[C@@H](COC(C)=O)OC(C)=O. The molecule has 2 aromatic heterocycles. The highest BCUT2D eigenvalue weighted by atomic mass is 31.2. The van der Waals surface area contributed by atoms with E-state index in [2.05, 4.69) is 16.5 Å². The van der Waals surface area contributed by atoms with E-state index in [1.165, 1.54) is 13.8 Å². The van der Waals surface area contributed by atoms with Crippen molar-refractivity contribution < 1.29 is 32.6 Å². The van der Waals surface area contributed by atoms with E-state index in [4.69, 9.17) is 39.0 Å². The predicted molar refractivity (Wildman–Crippen MR) is 145 cm³/mol. The number of para-hydroxylation sites is 1. The second-order valence-electron chi connectivity index (χ2n) is 8.62. The third-order valence-electron chi connectivity index (χ3n) is 5.54. The Morgan fingerprint density at radius 2 is 1.87 bits per heavy atom. The van der Waals surface area contributed by atoms with Crippen LogP contribution in [0.2, 0.25) is 0 Å². The number of nitrogen functional groups attached to an aromatic ring is 1.